The zero-order valence-electron chi connectivity index (χ0n) is 11.6. The van der Waals surface area contributed by atoms with Gasteiger partial charge in [-0.25, -0.2) is 4.39 Å². The second-order valence-electron chi connectivity index (χ2n) is 4.88. The van der Waals surface area contributed by atoms with Gasteiger partial charge < -0.3 is 10.6 Å². The lowest BCUT2D eigenvalue weighted by Gasteiger charge is -2.21. The lowest BCUT2D eigenvalue weighted by molar-refractivity contribution is 0.256. The molecule has 0 unspecified atom stereocenters. The van der Waals surface area contributed by atoms with Crippen LogP contribution in [0.2, 0.25) is 0 Å². The van der Waals surface area contributed by atoms with E-state index in [-0.39, 0.29) is 5.82 Å². The minimum Gasteiger partial charge on any atom is -0.399 e. The van der Waals surface area contributed by atoms with Gasteiger partial charge in [-0.3, -0.25) is 4.90 Å². The van der Waals surface area contributed by atoms with Gasteiger partial charge in [0.25, 0.3) is 0 Å². The Bertz CT molecular complexity index is 366. The van der Waals surface area contributed by atoms with E-state index in [0.29, 0.717) is 12.2 Å². The van der Waals surface area contributed by atoms with Gasteiger partial charge >= 0.3 is 0 Å². The summed E-state index contributed by atoms with van der Waals surface area (Å²) in [5.74, 6) is -0.207. The number of hydrogen-bond donors (Lipinski definition) is 1. The third kappa shape index (κ3) is 5.02. The van der Waals surface area contributed by atoms with Gasteiger partial charge in [0, 0.05) is 17.8 Å². The molecule has 0 aromatic heterocycles. The van der Waals surface area contributed by atoms with Crippen LogP contribution in [-0.2, 0) is 6.54 Å². The number of nitrogens with two attached hydrogens (primary N) is 1. The van der Waals surface area contributed by atoms with Crippen molar-refractivity contribution in [3.05, 3.63) is 29.6 Å². The molecule has 18 heavy (non-hydrogen) atoms. The molecule has 4 heteroatoms. The molecule has 0 atom stereocenters. The number of hydrogen-bond acceptors (Lipinski definition) is 3. The highest BCUT2D eigenvalue weighted by atomic mass is 19.1. The van der Waals surface area contributed by atoms with Crippen molar-refractivity contribution >= 4 is 5.69 Å². The van der Waals surface area contributed by atoms with Gasteiger partial charge in [-0.15, -0.1) is 0 Å². The largest absolute Gasteiger partial charge is 0.399 e. The summed E-state index contributed by atoms with van der Waals surface area (Å²) in [5, 5.41) is 0. The van der Waals surface area contributed by atoms with E-state index in [1.807, 2.05) is 0 Å². The number of nitrogen functional groups attached to an aromatic ring is 1. The highest BCUT2D eigenvalue weighted by Crippen LogP contribution is 2.14. The zero-order valence-corrected chi connectivity index (χ0v) is 11.6. The van der Waals surface area contributed by atoms with Crippen molar-refractivity contribution < 1.29 is 4.39 Å². The molecule has 0 spiro atoms. The highest BCUT2D eigenvalue weighted by Gasteiger charge is 2.08. The van der Waals surface area contributed by atoms with Crippen molar-refractivity contribution in [3.8, 4) is 0 Å². The Morgan fingerprint density at radius 1 is 1.22 bits per heavy atom. The van der Waals surface area contributed by atoms with Gasteiger partial charge in [0.1, 0.15) is 5.82 Å². The van der Waals surface area contributed by atoms with E-state index < -0.39 is 0 Å². The average molecular weight is 253 g/mol. The zero-order chi connectivity index (χ0) is 13.5. The van der Waals surface area contributed by atoms with Gasteiger partial charge in [-0.2, -0.15) is 0 Å². The van der Waals surface area contributed by atoms with E-state index in [0.717, 1.165) is 31.6 Å². The van der Waals surface area contributed by atoms with Crippen molar-refractivity contribution in [3.63, 3.8) is 0 Å². The van der Waals surface area contributed by atoms with Crippen LogP contribution in [0.5, 0.6) is 0 Å². The first-order valence-electron chi connectivity index (χ1n) is 6.44. The summed E-state index contributed by atoms with van der Waals surface area (Å²) >= 11 is 0. The molecular weight excluding hydrogens is 229 g/mol. The van der Waals surface area contributed by atoms with E-state index in [1.54, 1.807) is 12.1 Å². The van der Waals surface area contributed by atoms with Crippen LogP contribution in [0.3, 0.4) is 0 Å². The molecule has 0 bridgehead atoms. The first-order valence-corrected chi connectivity index (χ1v) is 6.44. The molecule has 2 N–H and O–H groups in total. The molecule has 0 saturated carbocycles. The molecule has 0 aliphatic rings. The third-order valence-corrected chi connectivity index (χ3v) is 3.00. The second-order valence-corrected chi connectivity index (χ2v) is 4.88. The summed E-state index contributed by atoms with van der Waals surface area (Å²) in [6.07, 6.45) is 1.09. The average Bonchev–Trinajstić information content (AvgIpc) is 2.30. The number of rotatable bonds is 7. The first-order chi connectivity index (χ1) is 8.52. The van der Waals surface area contributed by atoms with Crippen LogP contribution in [0.15, 0.2) is 18.2 Å². The van der Waals surface area contributed by atoms with Gasteiger partial charge in [0.05, 0.1) is 0 Å². The number of benzene rings is 1. The maximum Gasteiger partial charge on any atom is 0.129 e. The molecule has 0 saturated heterocycles. The molecule has 0 aliphatic carbocycles. The van der Waals surface area contributed by atoms with Crippen LogP contribution < -0.4 is 5.73 Å². The van der Waals surface area contributed by atoms with E-state index >= 15 is 0 Å². The Morgan fingerprint density at radius 2 is 1.94 bits per heavy atom. The standard InChI is InChI=1S/C14H24FN3/c1-4-18(9-5-8-17(2)3)11-12-6-7-13(16)10-14(12)15/h6-7,10H,4-5,8-9,11,16H2,1-3H3. The summed E-state index contributed by atoms with van der Waals surface area (Å²) in [6.45, 7) is 5.72. The van der Waals surface area contributed by atoms with Crippen LogP contribution >= 0.6 is 0 Å². The van der Waals surface area contributed by atoms with Crippen LogP contribution in [0.25, 0.3) is 0 Å². The summed E-state index contributed by atoms with van der Waals surface area (Å²) in [4.78, 5) is 4.41. The van der Waals surface area contributed by atoms with Crippen molar-refractivity contribution in [2.75, 3.05) is 39.5 Å². The van der Waals surface area contributed by atoms with Crippen LogP contribution in [0.1, 0.15) is 18.9 Å². The summed E-state index contributed by atoms with van der Waals surface area (Å²) in [5.41, 5.74) is 6.74. The number of anilines is 1. The Hall–Kier alpha value is -1.13. The Balaban J connectivity index is 2.51. The minimum absolute atomic E-state index is 0.207. The molecule has 0 radical (unpaired) electrons. The lowest BCUT2D eigenvalue weighted by atomic mass is 10.1. The topological polar surface area (TPSA) is 32.5 Å². The van der Waals surface area contributed by atoms with E-state index in [9.17, 15) is 4.39 Å². The predicted molar refractivity (Wildman–Crippen MR) is 74.9 cm³/mol. The van der Waals surface area contributed by atoms with Gasteiger partial charge in [-0.05, 0) is 52.3 Å². The fourth-order valence-electron chi connectivity index (χ4n) is 1.89. The molecule has 3 nitrogen and oxygen atoms in total. The molecule has 1 rings (SSSR count). The normalized spacial score (nSPS) is 11.4. The minimum atomic E-state index is -0.207. The Kier molecular flexibility index (Phi) is 6.09. The van der Waals surface area contributed by atoms with E-state index in [1.165, 1.54) is 6.07 Å². The third-order valence-electron chi connectivity index (χ3n) is 3.00. The monoisotopic (exact) mass is 253 g/mol. The van der Waals surface area contributed by atoms with Crippen LogP contribution in [0, 0.1) is 5.82 Å². The highest BCUT2D eigenvalue weighted by molar-refractivity contribution is 5.40. The number of nitrogens with zero attached hydrogens (tertiary/aromatic N) is 2. The Labute approximate surface area is 109 Å². The maximum absolute atomic E-state index is 13.7. The summed E-state index contributed by atoms with van der Waals surface area (Å²) in [6, 6.07) is 4.92. The van der Waals surface area contributed by atoms with Gasteiger partial charge in [-0.1, -0.05) is 13.0 Å². The molecule has 1 aromatic carbocycles. The van der Waals surface area contributed by atoms with Crippen molar-refractivity contribution in [1.82, 2.24) is 9.80 Å². The van der Waals surface area contributed by atoms with E-state index in [4.69, 9.17) is 5.73 Å². The van der Waals surface area contributed by atoms with Crippen LogP contribution in [-0.4, -0.2) is 43.5 Å². The molecule has 0 aliphatic heterocycles. The van der Waals surface area contributed by atoms with Gasteiger partial charge in [0.15, 0.2) is 0 Å². The summed E-state index contributed by atoms with van der Waals surface area (Å²) in [7, 11) is 4.13. The molecule has 0 amide bonds. The van der Waals surface area contributed by atoms with Gasteiger partial charge in [0.2, 0.25) is 0 Å². The van der Waals surface area contributed by atoms with Crippen molar-refractivity contribution in [2.45, 2.75) is 19.9 Å². The molecule has 0 heterocycles. The fourth-order valence-corrected chi connectivity index (χ4v) is 1.89. The molecular formula is C14H24FN3. The maximum atomic E-state index is 13.7. The smallest absolute Gasteiger partial charge is 0.129 e. The first kappa shape index (κ1) is 14.9. The Morgan fingerprint density at radius 3 is 2.50 bits per heavy atom. The predicted octanol–water partition coefficient (Wildman–Crippen LogP) is 2.18. The quantitative estimate of drug-likeness (QED) is 0.756. The van der Waals surface area contributed by atoms with E-state index in [2.05, 4.69) is 30.8 Å². The molecule has 102 valence electrons. The summed E-state index contributed by atoms with van der Waals surface area (Å²) < 4.78 is 13.7. The lowest BCUT2D eigenvalue weighted by Crippen LogP contribution is -2.27. The fraction of sp³-hybridized carbons (Fsp3) is 0.571. The second kappa shape index (κ2) is 7.34. The molecule has 1 aromatic rings. The van der Waals surface area contributed by atoms with Crippen molar-refractivity contribution in [2.24, 2.45) is 0 Å². The van der Waals surface area contributed by atoms with Crippen molar-refractivity contribution in [1.29, 1.82) is 0 Å². The molecule has 0 fully saturated rings. The van der Waals surface area contributed by atoms with Crippen LogP contribution in [0.4, 0.5) is 10.1 Å². The number of halogens is 1. The SMILES string of the molecule is CCN(CCCN(C)C)Cc1ccc(N)cc1F.